The minimum absolute atomic E-state index is 0.115. The molecule has 1 unspecified atom stereocenters. The van der Waals surface area contributed by atoms with Gasteiger partial charge in [0, 0.05) is 6.20 Å². The van der Waals surface area contributed by atoms with E-state index in [-0.39, 0.29) is 11.7 Å². The first-order chi connectivity index (χ1) is 11.6. The summed E-state index contributed by atoms with van der Waals surface area (Å²) in [6, 6.07) is 13.6. The second-order valence-corrected chi connectivity index (χ2v) is 5.40. The molecule has 2 heterocycles. The Kier molecular flexibility index (Phi) is 4.47. The van der Waals surface area contributed by atoms with Gasteiger partial charge in [-0.2, -0.15) is 0 Å². The molecule has 0 saturated carbocycles. The van der Waals surface area contributed by atoms with Gasteiger partial charge >= 0.3 is 0 Å². The number of hydrogen-bond acceptors (Lipinski definition) is 5. The van der Waals surface area contributed by atoms with Crippen molar-refractivity contribution in [3.8, 4) is 0 Å². The van der Waals surface area contributed by atoms with Crippen molar-refractivity contribution in [2.75, 3.05) is 5.32 Å². The van der Waals surface area contributed by atoms with Crippen LogP contribution in [0.1, 0.15) is 33.4 Å². The van der Waals surface area contributed by atoms with Gasteiger partial charge in [-0.15, -0.1) is 0 Å². The lowest BCUT2D eigenvalue weighted by molar-refractivity contribution is 0.0995. The Morgan fingerprint density at radius 2 is 2.04 bits per heavy atom. The summed E-state index contributed by atoms with van der Waals surface area (Å²) in [7, 11) is 0. The molecule has 3 aromatic rings. The molecule has 0 aliphatic rings. The van der Waals surface area contributed by atoms with E-state index in [1.807, 2.05) is 43.3 Å². The number of carbonyl (C=O) groups is 1. The zero-order chi connectivity index (χ0) is 16.9. The summed E-state index contributed by atoms with van der Waals surface area (Å²) >= 11 is 0. The fourth-order valence-electron chi connectivity index (χ4n) is 2.43. The van der Waals surface area contributed by atoms with Crippen molar-refractivity contribution in [3.63, 3.8) is 0 Å². The highest BCUT2D eigenvalue weighted by Crippen LogP contribution is 2.25. The van der Waals surface area contributed by atoms with E-state index in [2.05, 4.69) is 26.3 Å². The molecule has 0 saturated heterocycles. The van der Waals surface area contributed by atoms with Crippen LogP contribution in [-0.2, 0) is 0 Å². The number of carbonyl (C=O) groups excluding carboxylic acids is 1. The number of anilines is 1. The molecule has 120 valence electrons. The third-order valence-corrected chi connectivity index (χ3v) is 3.54. The second kappa shape index (κ2) is 6.87. The van der Waals surface area contributed by atoms with Gasteiger partial charge in [-0.3, -0.25) is 14.8 Å². The van der Waals surface area contributed by atoms with Gasteiger partial charge in [-0.05, 0) is 24.6 Å². The lowest BCUT2D eigenvalue weighted by Crippen LogP contribution is -2.18. The van der Waals surface area contributed by atoms with Crippen LogP contribution in [0.15, 0.2) is 61.1 Å². The Hall–Kier alpha value is -3.28. The Labute approximate surface area is 139 Å². The predicted molar refractivity (Wildman–Crippen MR) is 91.4 cm³/mol. The average molecular weight is 319 g/mol. The quantitative estimate of drug-likeness (QED) is 0.753. The van der Waals surface area contributed by atoms with Crippen LogP contribution in [-0.4, -0.2) is 20.9 Å². The lowest BCUT2D eigenvalue weighted by atomic mass is 10.0. The minimum Gasteiger partial charge on any atom is -0.364 e. The number of amides is 1. The number of pyridine rings is 1. The van der Waals surface area contributed by atoms with Crippen LogP contribution < -0.4 is 11.1 Å². The Balaban J connectivity index is 1.99. The van der Waals surface area contributed by atoms with Gasteiger partial charge in [0.15, 0.2) is 0 Å². The molecule has 3 rings (SSSR count). The highest BCUT2D eigenvalue weighted by molar-refractivity contribution is 5.90. The van der Waals surface area contributed by atoms with Gasteiger partial charge in [0.2, 0.25) is 0 Å². The SMILES string of the molecule is Cc1cccc(C(Nc2cncc(C(N)=O)n2)c2ccccn2)c1. The van der Waals surface area contributed by atoms with Crippen molar-refractivity contribution < 1.29 is 4.79 Å². The molecule has 1 amide bonds. The Morgan fingerprint density at radius 3 is 2.75 bits per heavy atom. The Bertz CT molecular complexity index is 851. The number of primary amides is 1. The van der Waals surface area contributed by atoms with Gasteiger partial charge in [0.25, 0.3) is 5.91 Å². The summed E-state index contributed by atoms with van der Waals surface area (Å²) in [5, 5.41) is 3.29. The highest BCUT2D eigenvalue weighted by Gasteiger charge is 2.17. The fourth-order valence-corrected chi connectivity index (χ4v) is 2.43. The third-order valence-electron chi connectivity index (χ3n) is 3.54. The first-order valence-corrected chi connectivity index (χ1v) is 7.49. The van der Waals surface area contributed by atoms with E-state index < -0.39 is 5.91 Å². The first-order valence-electron chi connectivity index (χ1n) is 7.49. The van der Waals surface area contributed by atoms with Crippen molar-refractivity contribution >= 4 is 11.7 Å². The number of hydrogen-bond donors (Lipinski definition) is 2. The van der Waals surface area contributed by atoms with E-state index in [0.29, 0.717) is 5.82 Å². The van der Waals surface area contributed by atoms with E-state index in [1.54, 1.807) is 12.4 Å². The zero-order valence-electron chi connectivity index (χ0n) is 13.2. The summed E-state index contributed by atoms with van der Waals surface area (Å²) in [5.41, 5.74) is 8.42. The van der Waals surface area contributed by atoms with Crippen molar-refractivity contribution in [3.05, 3.63) is 83.6 Å². The number of benzene rings is 1. The van der Waals surface area contributed by atoms with Crippen molar-refractivity contribution in [2.45, 2.75) is 13.0 Å². The maximum absolute atomic E-state index is 11.3. The van der Waals surface area contributed by atoms with Crippen LogP contribution >= 0.6 is 0 Å². The molecule has 1 aromatic carbocycles. The van der Waals surface area contributed by atoms with Gasteiger partial charge in [-0.25, -0.2) is 4.98 Å². The molecule has 0 bridgehead atoms. The number of nitrogens with zero attached hydrogens (tertiary/aromatic N) is 3. The van der Waals surface area contributed by atoms with Crippen molar-refractivity contribution in [1.29, 1.82) is 0 Å². The van der Waals surface area contributed by atoms with Crippen LogP contribution in [0.3, 0.4) is 0 Å². The van der Waals surface area contributed by atoms with E-state index in [1.165, 1.54) is 6.20 Å². The third kappa shape index (κ3) is 3.55. The maximum atomic E-state index is 11.3. The van der Waals surface area contributed by atoms with Crippen LogP contribution in [0.5, 0.6) is 0 Å². The molecule has 0 fully saturated rings. The number of aromatic nitrogens is 3. The number of nitrogens with one attached hydrogen (secondary N) is 1. The van der Waals surface area contributed by atoms with Crippen molar-refractivity contribution in [2.24, 2.45) is 5.73 Å². The van der Waals surface area contributed by atoms with Crippen LogP contribution in [0.25, 0.3) is 0 Å². The number of aryl methyl sites for hydroxylation is 1. The fraction of sp³-hybridized carbons (Fsp3) is 0.111. The summed E-state index contributed by atoms with van der Waals surface area (Å²) in [6.45, 7) is 2.03. The van der Waals surface area contributed by atoms with Gasteiger partial charge in [0.1, 0.15) is 11.5 Å². The molecule has 0 radical (unpaired) electrons. The smallest absolute Gasteiger partial charge is 0.268 e. The molecule has 6 nitrogen and oxygen atoms in total. The van der Waals surface area contributed by atoms with E-state index in [0.717, 1.165) is 16.8 Å². The summed E-state index contributed by atoms with van der Waals surface area (Å²) in [5.74, 6) is -0.153. The normalized spacial score (nSPS) is 11.7. The molecule has 24 heavy (non-hydrogen) atoms. The molecular weight excluding hydrogens is 302 g/mol. The minimum atomic E-state index is -0.615. The molecule has 3 N–H and O–H groups in total. The molecule has 2 aromatic heterocycles. The second-order valence-electron chi connectivity index (χ2n) is 5.40. The molecule has 0 spiro atoms. The zero-order valence-corrected chi connectivity index (χ0v) is 13.2. The number of nitrogens with two attached hydrogens (primary N) is 1. The van der Waals surface area contributed by atoms with Crippen LogP contribution in [0.4, 0.5) is 5.82 Å². The van der Waals surface area contributed by atoms with Gasteiger partial charge < -0.3 is 11.1 Å². The molecule has 0 aliphatic heterocycles. The lowest BCUT2D eigenvalue weighted by Gasteiger charge is -2.20. The topological polar surface area (TPSA) is 93.8 Å². The predicted octanol–water partition coefficient (Wildman–Crippen LogP) is 2.48. The summed E-state index contributed by atoms with van der Waals surface area (Å²) < 4.78 is 0. The standard InChI is InChI=1S/C18H17N5O/c1-12-5-4-6-13(9-12)17(14-7-2-3-8-21-14)23-16-11-20-10-15(22-16)18(19)24/h2-11,17H,1H3,(H2,19,24)(H,22,23). The molecule has 1 atom stereocenters. The molecular formula is C18H17N5O. The summed E-state index contributed by atoms with van der Waals surface area (Å²) in [6.07, 6.45) is 4.64. The molecule has 0 aliphatic carbocycles. The number of rotatable bonds is 5. The summed E-state index contributed by atoms with van der Waals surface area (Å²) in [4.78, 5) is 24.0. The van der Waals surface area contributed by atoms with Crippen LogP contribution in [0, 0.1) is 6.92 Å². The average Bonchev–Trinajstić information content (AvgIpc) is 2.60. The largest absolute Gasteiger partial charge is 0.364 e. The molecule has 6 heteroatoms. The van der Waals surface area contributed by atoms with Gasteiger partial charge in [-0.1, -0.05) is 35.9 Å². The van der Waals surface area contributed by atoms with E-state index in [9.17, 15) is 4.79 Å². The first kappa shape index (κ1) is 15.6. The highest BCUT2D eigenvalue weighted by atomic mass is 16.1. The van der Waals surface area contributed by atoms with E-state index >= 15 is 0 Å². The maximum Gasteiger partial charge on any atom is 0.268 e. The monoisotopic (exact) mass is 319 g/mol. The Morgan fingerprint density at radius 1 is 1.17 bits per heavy atom. The van der Waals surface area contributed by atoms with E-state index in [4.69, 9.17) is 5.73 Å². The van der Waals surface area contributed by atoms with Crippen molar-refractivity contribution in [1.82, 2.24) is 15.0 Å². The van der Waals surface area contributed by atoms with Gasteiger partial charge in [0.05, 0.1) is 24.1 Å². The van der Waals surface area contributed by atoms with Crippen LogP contribution in [0.2, 0.25) is 0 Å².